The number of carbonyl (C=O) groups excluding carboxylic acids is 2. The van der Waals surface area contributed by atoms with Gasteiger partial charge in [0.15, 0.2) is 0 Å². The summed E-state index contributed by atoms with van der Waals surface area (Å²) in [5.41, 5.74) is 0. The molecule has 1 aromatic carbocycles. The molecule has 0 aromatic heterocycles. The highest BCUT2D eigenvalue weighted by Crippen LogP contribution is 2.40. The van der Waals surface area contributed by atoms with E-state index in [0.717, 1.165) is 32.1 Å². The van der Waals surface area contributed by atoms with Crippen LogP contribution >= 0.6 is 0 Å². The van der Waals surface area contributed by atoms with Crippen LogP contribution in [0, 0.1) is 11.8 Å². The first-order valence-corrected chi connectivity index (χ1v) is 9.19. The van der Waals surface area contributed by atoms with E-state index in [0.29, 0.717) is 23.9 Å². The molecule has 2 fully saturated rings. The van der Waals surface area contributed by atoms with Crippen molar-refractivity contribution >= 4 is 11.9 Å². The number of para-hydroxylation sites is 1. The number of piperidine rings is 1. The first-order chi connectivity index (χ1) is 11.6. The van der Waals surface area contributed by atoms with Gasteiger partial charge in [0.05, 0.1) is 0 Å². The van der Waals surface area contributed by atoms with E-state index in [1.807, 2.05) is 23.1 Å². The average Bonchev–Trinajstić information content (AvgIpc) is 2.56. The standard InChI is InChI=1S/C20H27NO3/c1-3-8-15-13-18(22)19-14(2)9-7-12-17(19)21(15)20(23)24-16-10-5-4-6-11-16/h4-6,10-11,14-15,17,19H,3,7-9,12-13H2,1-2H3/t14-,15+,17-,19-/m1/s1. The SMILES string of the molecule is CCC[C@H]1CC(=O)[C@@H]2[C@H](C)CCC[C@H]2N1C(=O)Oc1ccccc1. The van der Waals surface area contributed by atoms with Crippen LogP contribution < -0.4 is 4.74 Å². The summed E-state index contributed by atoms with van der Waals surface area (Å²) >= 11 is 0. The molecule has 1 aliphatic heterocycles. The minimum Gasteiger partial charge on any atom is -0.410 e. The molecule has 0 spiro atoms. The molecule has 1 amide bonds. The summed E-state index contributed by atoms with van der Waals surface area (Å²) in [6.07, 6.45) is 5.05. The lowest BCUT2D eigenvalue weighted by molar-refractivity contribution is -0.135. The molecule has 1 saturated carbocycles. The summed E-state index contributed by atoms with van der Waals surface area (Å²) in [6, 6.07) is 9.18. The molecule has 4 atom stereocenters. The Balaban J connectivity index is 1.85. The maximum absolute atomic E-state index is 12.9. The molecule has 2 aliphatic rings. The Labute approximate surface area is 144 Å². The van der Waals surface area contributed by atoms with Crippen molar-refractivity contribution in [1.82, 2.24) is 4.90 Å². The molecular formula is C20H27NO3. The summed E-state index contributed by atoms with van der Waals surface area (Å²) in [5.74, 6) is 1.24. The fourth-order valence-corrected chi connectivity index (χ4v) is 4.47. The van der Waals surface area contributed by atoms with Crippen LogP contribution in [0.5, 0.6) is 5.75 Å². The monoisotopic (exact) mass is 329 g/mol. The fraction of sp³-hybridized carbons (Fsp3) is 0.600. The number of amides is 1. The number of Topliss-reactive ketones (excluding diaryl/α,β-unsaturated/α-hetero) is 1. The third-order valence-electron chi connectivity index (χ3n) is 5.53. The summed E-state index contributed by atoms with van der Waals surface area (Å²) in [6.45, 7) is 4.25. The van der Waals surface area contributed by atoms with Crippen molar-refractivity contribution in [1.29, 1.82) is 0 Å². The van der Waals surface area contributed by atoms with Crippen molar-refractivity contribution < 1.29 is 14.3 Å². The fourth-order valence-electron chi connectivity index (χ4n) is 4.47. The lowest BCUT2D eigenvalue weighted by Gasteiger charge is -2.49. The minimum absolute atomic E-state index is 0.00256. The Morgan fingerprint density at radius 2 is 2.00 bits per heavy atom. The molecule has 0 radical (unpaired) electrons. The van der Waals surface area contributed by atoms with E-state index < -0.39 is 0 Å². The molecule has 130 valence electrons. The van der Waals surface area contributed by atoms with E-state index in [4.69, 9.17) is 4.74 Å². The quantitative estimate of drug-likeness (QED) is 0.824. The number of ether oxygens (including phenoxy) is 1. The summed E-state index contributed by atoms with van der Waals surface area (Å²) < 4.78 is 5.63. The summed E-state index contributed by atoms with van der Waals surface area (Å²) in [7, 11) is 0. The Kier molecular flexibility index (Phi) is 5.22. The van der Waals surface area contributed by atoms with E-state index in [-0.39, 0.29) is 24.1 Å². The molecule has 3 rings (SSSR count). The van der Waals surface area contributed by atoms with Gasteiger partial charge in [0.1, 0.15) is 11.5 Å². The van der Waals surface area contributed by atoms with E-state index in [1.54, 1.807) is 12.1 Å². The number of carbonyl (C=O) groups is 2. The number of fused-ring (bicyclic) bond motifs is 1. The topological polar surface area (TPSA) is 46.6 Å². The first-order valence-electron chi connectivity index (χ1n) is 9.19. The number of hydrogen-bond donors (Lipinski definition) is 0. The van der Waals surface area contributed by atoms with Gasteiger partial charge in [0, 0.05) is 24.4 Å². The lowest BCUT2D eigenvalue weighted by Crippen LogP contribution is -2.60. The highest BCUT2D eigenvalue weighted by atomic mass is 16.6. The summed E-state index contributed by atoms with van der Waals surface area (Å²) in [4.78, 5) is 27.5. The van der Waals surface area contributed by atoms with E-state index in [2.05, 4.69) is 13.8 Å². The van der Waals surface area contributed by atoms with Crippen LogP contribution in [-0.2, 0) is 4.79 Å². The smallest absolute Gasteiger partial charge is 0.410 e. The Bertz CT molecular complexity index is 586. The molecule has 4 nitrogen and oxygen atoms in total. The highest BCUT2D eigenvalue weighted by molar-refractivity contribution is 5.86. The van der Waals surface area contributed by atoms with Crippen LogP contribution in [0.3, 0.4) is 0 Å². The molecular weight excluding hydrogens is 302 g/mol. The third kappa shape index (κ3) is 3.33. The number of hydrogen-bond acceptors (Lipinski definition) is 3. The van der Waals surface area contributed by atoms with Gasteiger partial charge < -0.3 is 9.64 Å². The average molecular weight is 329 g/mol. The van der Waals surface area contributed by atoms with Crippen LogP contribution in [0.4, 0.5) is 4.79 Å². The van der Waals surface area contributed by atoms with Crippen LogP contribution in [0.25, 0.3) is 0 Å². The van der Waals surface area contributed by atoms with Crippen LogP contribution in [0.1, 0.15) is 52.4 Å². The van der Waals surface area contributed by atoms with Crippen LogP contribution in [0.2, 0.25) is 0 Å². The molecule has 24 heavy (non-hydrogen) atoms. The normalized spacial score (nSPS) is 29.9. The largest absolute Gasteiger partial charge is 0.415 e. The number of rotatable bonds is 3. The maximum Gasteiger partial charge on any atom is 0.415 e. The summed E-state index contributed by atoms with van der Waals surface area (Å²) in [5, 5.41) is 0. The Morgan fingerprint density at radius 1 is 1.25 bits per heavy atom. The number of likely N-dealkylation sites (tertiary alicyclic amines) is 1. The van der Waals surface area contributed by atoms with E-state index in [9.17, 15) is 9.59 Å². The van der Waals surface area contributed by atoms with Crippen molar-refractivity contribution in [2.24, 2.45) is 11.8 Å². The maximum atomic E-state index is 12.9. The van der Waals surface area contributed by atoms with Crippen molar-refractivity contribution in [2.75, 3.05) is 0 Å². The zero-order chi connectivity index (χ0) is 17.1. The molecule has 1 aliphatic carbocycles. The van der Waals surface area contributed by atoms with Gasteiger partial charge in [-0.2, -0.15) is 0 Å². The van der Waals surface area contributed by atoms with Gasteiger partial charge in [0.2, 0.25) is 0 Å². The molecule has 0 unspecified atom stereocenters. The van der Waals surface area contributed by atoms with Gasteiger partial charge in [-0.25, -0.2) is 4.79 Å². The second kappa shape index (κ2) is 7.37. The third-order valence-corrected chi connectivity index (χ3v) is 5.53. The number of nitrogens with zero attached hydrogens (tertiary/aromatic N) is 1. The minimum atomic E-state index is -0.295. The van der Waals surface area contributed by atoms with Crippen molar-refractivity contribution in [2.45, 2.75) is 64.5 Å². The lowest BCUT2D eigenvalue weighted by atomic mass is 9.69. The number of ketones is 1. The zero-order valence-corrected chi connectivity index (χ0v) is 14.6. The van der Waals surface area contributed by atoms with Gasteiger partial charge in [-0.3, -0.25) is 4.79 Å². The molecule has 1 heterocycles. The van der Waals surface area contributed by atoms with E-state index >= 15 is 0 Å². The Hall–Kier alpha value is -1.84. The second-order valence-electron chi connectivity index (χ2n) is 7.20. The van der Waals surface area contributed by atoms with Gasteiger partial charge >= 0.3 is 6.09 Å². The molecule has 0 N–H and O–H groups in total. The first kappa shape index (κ1) is 17.0. The van der Waals surface area contributed by atoms with Gasteiger partial charge in [-0.1, -0.05) is 44.9 Å². The van der Waals surface area contributed by atoms with Crippen LogP contribution in [0.15, 0.2) is 30.3 Å². The number of benzene rings is 1. The van der Waals surface area contributed by atoms with Crippen molar-refractivity contribution in [3.05, 3.63) is 30.3 Å². The van der Waals surface area contributed by atoms with E-state index in [1.165, 1.54) is 0 Å². The van der Waals surface area contributed by atoms with Gasteiger partial charge in [-0.15, -0.1) is 0 Å². The predicted octanol–water partition coefficient (Wildman–Crippen LogP) is 4.43. The Morgan fingerprint density at radius 3 is 2.71 bits per heavy atom. The zero-order valence-electron chi connectivity index (χ0n) is 14.6. The van der Waals surface area contributed by atoms with Crippen molar-refractivity contribution in [3.63, 3.8) is 0 Å². The highest BCUT2D eigenvalue weighted by Gasteiger charge is 2.48. The molecule has 4 heteroatoms. The van der Waals surface area contributed by atoms with Crippen LogP contribution in [-0.4, -0.2) is 28.9 Å². The predicted molar refractivity (Wildman–Crippen MR) is 92.9 cm³/mol. The van der Waals surface area contributed by atoms with Gasteiger partial charge in [0.25, 0.3) is 0 Å². The van der Waals surface area contributed by atoms with Gasteiger partial charge in [-0.05, 0) is 37.3 Å². The molecule has 1 saturated heterocycles. The second-order valence-corrected chi connectivity index (χ2v) is 7.20. The molecule has 1 aromatic rings. The van der Waals surface area contributed by atoms with Crippen molar-refractivity contribution in [3.8, 4) is 5.75 Å². The molecule has 0 bridgehead atoms.